The predicted molar refractivity (Wildman–Crippen MR) is 125 cm³/mol. The van der Waals surface area contributed by atoms with Crippen molar-refractivity contribution >= 4 is 51.5 Å². The topological polar surface area (TPSA) is 116 Å². The molecule has 4 N–H and O–H groups in total. The molecule has 0 bridgehead atoms. The van der Waals surface area contributed by atoms with Crippen molar-refractivity contribution < 1.29 is 18.3 Å². The first-order chi connectivity index (χ1) is 14.0. The maximum Gasteiger partial charge on any atom is 0.243 e. The normalized spacial score (nSPS) is 17.3. The molecule has 8 nitrogen and oxygen atoms in total. The highest BCUT2D eigenvalue weighted by molar-refractivity contribution is 7.89. The highest BCUT2D eigenvalue weighted by Crippen LogP contribution is 2.25. The molecule has 0 radical (unpaired) electrons. The second-order valence-electron chi connectivity index (χ2n) is 7.95. The number of sulfonamides is 1. The quantitative estimate of drug-likeness (QED) is 0.458. The third-order valence-corrected chi connectivity index (χ3v) is 7.10. The summed E-state index contributed by atoms with van der Waals surface area (Å²) < 4.78 is 27.5. The van der Waals surface area contributed by atoms with Crippen LogP contribution in [-0.2, 0) is 14.8 Å². The van der Waals surface area contributed by atoms with Crippen LogP contribution in [0.1, 0.15) is 20.3 Å². The third kappa shape index (κ3) is 8.33. The molecule has 2 atom stereocenters. The summed E-state index contributed by atoms with van der Waals surface area (Å²) in [7, 11) is -4.12. The number of carbonyl (C=O) groups excluding carboxylic acids is 1. The number of rotatable bonds is 9. The van der Waals surface area contributed by atoms with Gasteiger partial charge in [-0.25, -0.2) is 8.42 Å². The smallest absolute Gasteiger partial charge is 0.243 e. The Morgan fingerprint density at radius 1 is 1.23 bits per heavy atom. The molecule has 1 aromatic rings. The lowest BCUT2D eigenvalue weighted by atomic mass is 10.0. The first-order valence-corrected chi connectivity index (χ1v) is 12.1. The molecule has 178 valence electrons. The molecule has 1 aliphatic heterocycles. The number of nitrogens with zero attached hydrogens (tertiary/aromatic N) is 2. The molecular weight excluding hydrogens is 487 g/mol. The van der Waals surface area contributed by atoms with Crippen molar-refractivity contribution in [2.45, 2.75) is 37.2 Å². The van der Waals surface area contributed by atoms with Gasteiger partial charge in [-0.1, -0.05) is 37.0 Å². The van der Waals surface area contributed by atoms with Gasteiger partial charge >= 0.3 is 0 Å². The van der Waals surface area contributed by atoms with E-state index >= 15 is 0 Å². The van der Waals surface area contributed by atoms with Gasteiger partial charge in [-0.3, -0.25) is 9.69 Å². The van der Waals surface area contributed by atoms with Gasteiger partial charge in [0.1, 0.15) is 10.9 Å². The molecule has 1 heterocycles. The van der Waals surface area contributed by atoms with Crippen LogP contribution in [0.15, 0.2) is 23.1 Å². The van der Waals surface area contributed by atoms with Crippen LogP contribution in [0.2, 0.25) is 10.0 Å². The Hall–Kier alpha value is -0.650. The van der Waals surface area contributed by atoms with E-state index in [0.29, 0.717) is 37.1 Å². The second-order valence-corrected chi connectivity index (χ2v) is 10.5. The zero-order valence-corrected chi connectivity index (χ0v) is 20.8. The van der Waals surface area contributed by atoms with Gasteiger partial charge in [0.05, 0.1) is 11.6 Å². The maximum atomic E-state index is 12.8. The average Bonchev–Trinajstić information content (AvgIpc) is 2.65. The van der Waals surface area contributed by atoms with Crippen LogP contribution in [0.3, 0.4) is 0 Å². The van der Waals surface area contributed by atoms with E-state index in [0.717, 1.165) is 13.0 Å². The van der Waals surface area contributed by atoms with Crippen LogP contribution in [0.5, 0.6) is 0 Å². The van der Waals surface area contributed by atoms with E-state index < -0.39 is 28.6 Å². The minimum absolute atomic E-state index is 0. The number of amides is 1. The van der Waals surface area contributed by atoms with Gasteiger partial charge in [0.15, 0.2) is 0 Å². The molecule has 1 fully saturated rings. The van der Waals surface area contributed by atoms with Crippen LogP contribution >= 0.6 is 35.6 Å². The lowest BCUT2D eigenvalue weighted by molar-refractivity contribution is -0.135. The summed E-state index contributed by atoms with van der Waals surface area (Å²) >= 11 is 11.8. The van der Waals surface area contributed by atoms with Crippen molar-refractivity contribution in [2.75, 3.05) is 39.3 Å². The summed E-state index contributed by atoms with van der Waals surface area (Å²) in [5, 5.41) is 9.88. The molecule has 1 saturated heterocycles. The first-order valence-electron chi connectivity index (χ1n) is 9.88. The number of carbonyl (C=O) groups is 1. The fourth-order valence-electron chi connectivity index (χ4n) is 3.49. The maximum absolute atomic E-state index is 12.8. The van der Waals surface area contributed by atoms with Crippen molar-refractivity contribution in [1.82, 2.24) is 14.5 Å². The van der Waals surface area contributed by atoms with Gasteiger partial charge in [-0.15, -0.1) is 12.4 Å². The summed E-state index contributed by atoms with van der Waals surface area (Å²) in [4.78, 5) is 16.3. The molecule has 0 unspecified atom stereocenters. The Morgan fingerprint density at radius 2 is 1.84 bits per heavy atom. The molecule has 12 heteroatoms. The molecule has 31 heavy (non-hydrogen) atoms. The van der Waals surface area contributed by atoms with E-state index in [4.69, 9.17) is 28.9 Å². The fourth-order valence-corrected chi connectivity index (χ4v) is 5.45. The summed E-state index contributed by atoms with van der Waals surface area (Å²) in [5.41, 5.74) is 6.16. The molecule has 1 aromatic carbocycles. The Morgan fingerprint density at radius 3 is 2.35 bits per heavy atom. The van der Waals surface area contributed by atoms with Crippen LogP contribution in [0, 0.1) is 5.92 Å². The Labute approximate surface area is 200 Å². The average molecular weight is 518 g/mol. The molecule has 2 rings (SSSR count). The van der Waals surface area contributed by atoms with Gasteiger partial charge in [-0.05, 0) is 30.5 Å². The summed E-state index contributed by atoms with van der Waals surface area (Å²) in [6.45, 7) is 6.51. The van der Waals surface area contributed by atoms with E-state index in [2.05, 4.69) is 23.5 Å². The largest absolute Gasteiger partial charge is 0.394 e. The van der Waals surface area contributed by atoms with Crippen molar-refractivity contribution in [3.8, 4) is 0 Å². The zero-order chi connectivity index (χ0) is 22.5. The molecule has 0 aromatic heterocycles. The van der Waals surface area contributed by atoms with Crippen LogP contribution in [0.4, 0.5) is 0 Å². The number of benzene rings is 1. The standard InChI is InChI=1S/C19H30Cl2N4O4S.ClH/c1-13(2)9-15(22)11-24-5-7-25(8-6-24)19(27)17(12-26)23-30(28,29)18-4-3-14(20)10-16(18)21;/h3-4,10,13,15,17,23,26H,5-9,11-12,22H2,1-2H3;1H/t15-,17-;/m0./s1. The fraction of sp³-hybridized carbons (Fsp3) is 0.632. The van der Waals surface area contributed by atoms with Crippen LogP contribution in [0.25, 0.3) is 0 Å². The first kappa shape index (κ1) is 28.4. The van der Waals surface area contributed by atoms with E-state index in [1.165, 1.54) is 18.2 Å². The van der Waals surface area contributed by atoms with Crippen molar-refractivity contribution in [3.05, 3.63) is 28.2 Å². The molecule has 0 aliphatic carbocycles. The van der Waals surface area contributed by atoms with E-state index in [-0.39, 0.29) is 28.4 Å². The van der Waals surface area contributed by atoms with Crippen LogP contribution < -0.4 is 10.5 Å². The molecule has 1 aliphatic rings. The van der Waals surface area contributed by atoms with Crippen molar-refractivity contribution in [1.29, 1.82) is 0 Å². The highest BCUT2D eigenvalue weighted by Gasteiger charge is 2.31. The lowest BCUT2D eigenvalue weighted by Gasteiger charge is -2.37. The Balaban J connectivity index is 0.00000480. The predicted octanol–water partition coefficient (Wildman–Crippen LogP) is 1.57. The molecule has 1 amide bonds. The Bertz CT molecular complexity index is 833. The molecule has 0 saturated carbocycles. The Kier molecular flexibility index (Phi) is 11.5. The molecule has 0 spiro atoms. The third-order valence-electron chi connectivity index (χ3n) is 4.91. The zero-order valence-electron chi connectivity index (χ0n) is 17.6. The lowest BCUT2D eigenvalue weighted by Crippen LogP contribution is -2.57. The van der Waals surface area contributed by atoms with Crippen LogP contribution in [-0.4, -0.2) is 80.6 Å². The minimum atomic E-state index is -4.12. The molecular formula is C19H31Cl3N4O4S. The van der Waals surface area contributed by atoms with Gasteiger partial charge < -0.3 is 15.7 Å². The number of nitrogens with one attached hydrogen (secondary N) is 1. The number of nitrogens with two attached hydrogens (primary N) is 1. The van der Waals surface area contributed by atoms with E-state index in [1.54, 1.807) is 4.90 Å². The van der Waals surface area contributed by atoms with E-state index in [9.17, 15) is 18.3 Å². The number of aliphatic hydroxyl groups is 1. The van der Waals surface area contributed by atoms with Crippen molar-refractivity contribution in [3.63, 3.8) is 0 Å². The van der Waals surface area contributed by atoms with E-state index in [1.807, 2.05) is 0 Å². The van der Waals surface area contributed by atoms with Gasteiger partial charge in [0.25, 0.3) is 0 Å². The number of aliphatic hydroxyl groups excluding tert-OH is 1. The van der Waals surface area contributed by atoms with Gasteiger partial charge in [0.2, 0.25) is 15.9 Å². The number of hydrogen-bond acceptors (Lipinski definition) is 6. The summed E-state index contributed by atoms with van der Waals surface area (Å²) in [5.74, 6) is 0.0487. The van der Waals surface area contributed by atoms with Gasteiger partial charge in [-0.2, -0.15) is 4.72 Å². The number of hydrogen-bond donors (Lipinski definition) is 3. The number of halogens is 3. The number of piperazine rings is 1. The summed E-state index contributed by atoms with van der Waals surface area (Å²) in [6.07, 6.45) is 0.931. The highest BCUT2D eigenvalue weighted by atomic mass is 35.5. The van der Waals surface area contributed by atoms with Crippen molar-refractivity contribution in [2.24, 2.45) is 11.7 Å². The minimum Gasteiger partial charge on any atom is -0.394 e. The monoisotopic (exact) mass is 516 g/mol. The SMILES string of the molecule is CC(C)C[C@H](N)CN1CCN(C(=O)[C@H](CO)NS(=O)(=O)c2ccc(Cl)cc2Cl)CC1.Cl. The van der Waals surface area contributed by atoms with Gasteiger partial charge in [0, 0.05) is 43.8 Å². The summed E-state index contributed by atoms with van der Waals surface area (Å²) in [6, 6.07) is 2.73. The second kappa shape index (κ2) is 12.6.